The molecule has 0 saturated heterocycles. The van der Waals surface area contributed by atoms with Crippen molar-refractivity contribution in [2.45, 2.75) is 0 Å². The lowest BCUT2D eigenvalue weighted by Crippen LogP contribution is -2.12. The van der Waals surface area contributed by atoms with Gasteiger partial charge in [-0.2, -0.15) is 0 Å². The summed E-state index contributed by atoms with van der Waals surface area (Å²) in [6.07, 6.45) is 0. The van der Waals surface area contributed by atoms with Crippen LogP contribution in [0, 0.1) is 0 Å². The van der Waals surface area contributed by atoms with Crippen LogP contribution in [0.2, 0.25) is 0 Å². The number of amides is 1. The standard InChI is InChI=1S/C7H8N2O.CH4O/c8-6-4-2-1-3-5(6)7(9)10;1-2/h1-4H,8H2,(H2,9,10);2H,1H3. The Hall–Kier alpha value is -1.55. The number of hydrogen-bond donors (Lipinski definition) is 3. The summed E-state index contributed by atoms with van der Waals surface area (Å²) in [7, 11) is 1.00. The number of aliphatic hydroxyl groups is 1. The van der Waals surface area contributed by atoms with Crippen LogP contribution < -0.4 is 11.5 Å². The Morgan fingerprint density at radius 1 is 1.33 bits per heavy atom. The molecule has 0 fully saturated rings. The van der Waals surface area contributed by atoms with E-state index in [0.29, 0.717) is 11.3 Å². The van der Waals surface area contributed by atoms with Crippen LogP contribution in [0.4, 0.5) is 5.69 Å². The molecule has 4 nitrogen and oxygen atoms in total. The number of hydrogen-bond acceptors (Lipinski definition) is 3. The third kappa shape index (κ3) is 2.59. The molecule has 0 atom stereocenters. The molecule has 12 heavy (non-hydrogen) atoms. The van der Waals surface area contributed by atoms with Crippen molar-refractivity contribution in [3.63, 3.8) is 0 Å². The smallest absolute Gasteiger partial charge is 0.250 e. The summed E-state index contributed by atoms with van der Waals surface area (Å²) in [5.41, 5.74) is 11.2. The SMILES string of the molecule is CO.NC(=O)c1ccccc1N. The van der Waals surface area contributed by atoms with Crippen LogP contribution in [0.5, 0.6) is 0 Å². The molecule has 0 unspecified atom stereocenters. The number of carbonyl (C=O) groups is 1. The summed E-state index contributed by atoms with van der Waals surface area (Å²) in [5.74, 6) is -0.488. The zero-order chi connectivity index (χ0) is 9.56. The van der Waals surface area contributed by atoms with E-state index in [1.807, 2.05) is 0 Å². The molecule has 0 radical (unpaired) electrons. The van der Waals surface area contributed by atoms with Gasteiger partial charge in [0.1, 0.15) is 0 Å². The average molecular weight is 168 g/mol. The van der Waals surface area contributed by atoms with Gasteiger partial charge in [0.15, 0.2) is 0 Å². The second-order valence-electron chi connectivity index (χ2n) is 1.95. The fourth-order valence-corrected chi connectivity index (χ4v) is 0.721. The van der Waals surface area contributed by atoms with Crippen molar-refractivity contribution in [3.05, 3.63) is 29.8 Å². The Morgan fingerprint density at radius 2 is 1.83 bits per heavy atom. The molecule has 0 heterocycles. The van der Waals surface area contributed by atoms with E-state index in [4.69, 9.17) is 16.6 Å². The number of carbonyl (C=O) groups excluding carboxylic acids is 1. The number of rotatable bonds is 1. The third-order valence-corrected chi connectivity index (χ3v) is 1.23. The minimum Gasteiger partial charge on any atom is -0.400 e. The van der Waals surface area contributed by atoms with Crippen LogP contribution in [-0.4, -0.2) is 18.1 Å². The molecular formula is C8H12N2O2. The highest BCUT2D eigenvalue weighted by atomic mass is 16.2. The molecule has 1 aromatic rings. The van der Waals surface area contributed by atoms with Crippen molar-refractivity contribution >= 4 is 11.6 Å². The van der Waals surface area contributed by atoms with Gasteiger partial charge in [-0.1, -0.05) is 12.1 Å². The Bertz CT molecular complexity index is 261. The Kier molecular flexibility index (Phi) is 4.48. The number of nitrogens with two attached hydrogens (primary N) is 2. The van der Waals surface area contributed by atoms with Crippen molar-refractivity contribution in [2.75, 3.05) is 12.8 Å². The zero-order valence-corrected chi connectivity index (χ0v) is 6.82. The van der Waals surface area contributed by atoms with Crippen LogP contribution >= 0.6 is 0 Å². The molecule has 0 aliphatic carbocycles. The normalized spacial score (nSPS) is 8.17. The fraction of sp³-hybridized carbons (Fsp3) is 0.125. The van der Waals surface area contributed by atoms with E-state index >= 15 is 0 Å². The maximum absolute atomic E-state index is 10.6. The van der Waals surface area contributed by atoms with Gasteiger partial charge < -0.3 is 16.6 Å². The van der Waals surface area contributed by atoms with Crippen molar-refractivity contribution < 1.29 is 9.90 Å². The van der Waals surface area contributed by atoms with Crippen LogP contribution in [0.3, 0.4) is 0 Å². The highest BCUT2D eigenvalue weighted by Crippen LogP contribution is 2.08. The molecule has 1 amide bonds. The van der Waals surface area contributed by atoms with Gasteiger partial charge in [-0.15, -0.1) is 0 Å². The minimum absolute atomic E-state index is 0.377. The first kappa shape index (κ1) is 10.4. The van der Waals surface area contributed by atoms with Gasteiger partial charge in [0, 0.05) is 12.8 Å². The predicted octanol–water partition coefficient (Wildman–Crippen LogP) is -0.0238. The molecule has 0 bridgehead atoms. The van der Waals surface area contributed by atoms with Crippen molar-refractivity contribution in [2.24, 2.45) is 5.73 Å². The van der Waals surface area contributed by atoms with Gasteiger partial charge in [-0.3, -0.25) is 4.79 Å². The largest absolute Gasteiger partial charge is 0.400 e. The summed E-state index contributed by atoms with van der Waals surface area (Å²) in [6, 6.07) is 6.70. The number of benzene rings is 1. The van der Waals surface area contributed by atoms with Gasteiger partial charge in [0.05, 0.1) is 5.56 Å². The number of anilines is 1. The molecule has 1 rings (SSSR count). The second-order valence-corrected chi connectivity index (χ2v) is 1.95. The van der Waals surface area contributed by atoms with E-state index in [2.05, 4.69) is 0 Å². The Morgan fingerprint density at radius 3 is 2.17 bits per heavy atom. The fourth-order valence-electron chi connectivity index (χ4n) is 0.721. The highest BCUT2D eigenvalue weighted by Gasteiger charge is 2.01. The van der Waals surface area contributed by atoms with Gasteiger partial charge in [0.25, 0.3) is 5.91 Å². The van der Waals surface area contributed by atoms with Crippen molar-refractivity contribution in [1.29, 1.82) is 0 Å². The number of primary amides is 1. The molecule has 0 spiro atoms. The molecule has 0 saturated carbocycles. The summed E-state index contributed by atoms with van der Waals surface area (Å²) in [4.78, 5) is 10.6. The highest BCUT2D eigenvalue weighted by molar-refractivity contribution is 5.97. The Labute approximate surface area is 70.8 Å². The summed E-state index contributed by atoms with van der Waals surface area (Å²) >= 11 is 0. The molecule has 66 valence electrons. The van der Waals surface area contributed by atoms with Crippen LogP contribution in [0.25, 0.3) is 0 Å². The summed E-state index contributed by atoms with van der Waals surface area (Å²) in [5, 5.41) is 7.00. The topological polar surface area (TPSA) is 89.3 Å². The maximum Gasteiger partial charge on any atom is 0.250 e. The molecule has 0 aliphatic rings. The average Bonchev–Trinajstić information content (AvgIpc) is 2.08. The van der Waals surface area contributed by atoms with Gasteiger partial charge in [0.2, 0.25) is 0 Å². The minimum atomic E-state index is -0.488. The quantitative estimate of drug-likeness (QED) is 0.514. The molecular weight excluding hydrogens is 156 g/mol. The van der Waals surface area contributed by atoms with Gasteiger partial charge in [-0.25, -0.2) is 0 Å². The third-order valence-electron chi connectivity index (χ3n) is 1.23. The van der Waals surface area contributed by atoms with Crippen LogP contribution in [0.1, 0.15) is 10.4 Å². The summed E-state index contributed by atoms with van der Waals surface area (Å²) in [6.45, 7) is 0. The number of para-hydroxylation sites is 1. The van der Waals surface area contributed by atoms with E-state index in [1.165, 1.54) is 0 Å². The number of nitrogen functional groups attached to an aromatic ring is 1. The van der Waals surface area contributed by atoms with E-state index in [9.17, 15) is 4.79 Å². The van der Waals surface area contributed by atoms with Crippen LogP contribution in [-0.2, 0) is 0 Å². The van der Waals surface area contributed by atoms with Crippen LogP contribution in [0.15, 0.2) is 24.3 Å². The monoisotopic (exact) mass is 168 g/mol. The lowest BCUT2D eigenvalue weighted by molar-refractivity contribution is 0.100. The predicted molar refractivity (Wildman–Crippen MR) is 47.5 cm³/mol. The second kappa shape index (κ2) is 5.15. The lowest BCUT2D eigenvalue weighted by atomic mass is 10.2. The van der Waals surface area contributed by atoms with Gasteiger partial charge >= 0.3 is 0 Å². The first-order valence-electron chi connectivity index (χ1n) is 3.31. The van der Waals surface area contributed by atoms with Crippen molar-refractivity contribution in [3.8, 4) is 0 Å². The molecule has 0 aliphatic heterocycles. The molecule has 4 heteroatoms. The maximum atomic E-state index is 10.6. The van der Waals surface area contributed by atoms with Gasteiger partial charge in [-0.05, 0) is 12.1 Å². The first-order valence-corrected chi connectivity index (χ1v) is 3.31. The lowest BCUT2D eigenvalue weighted by Gasteiger charge is -1.97. The number of aliphatic hydroxyl groups excluding tert-OH is 1. The van der Waals surface area contributed by atoms with E-state index in [1.54, 1.807) is 24.3 Å². The molecule has 1 aromatic carbocycles. The van der Waals surface area contributed by atoms with Crippen molar-refractivity contribution in [1.82, 2.24) is 0 Å². The van der Waals surface area contributed by atoms with E-state index in [0.717, 1.165) is 7.11 Å². The zero-order valence-electron chi connectivity index (χ0n) is 6.82. The summed E-state index contributed by atoms with van der Waals surface area (Å²) < 4.78 is 0. The van der Waals surface area contributed by atoms with E-state index in [-0.39, 0.29) is 0 Å². The molecule has 0 aromatic heterocycles. The Balaban J connectivity index is 0.000000561. The van der Waals surface area contributed by atoms with E-state index < -0.39 is 5.91 Å². The molecule has 5 N–H and O–H groups in total. The first-order chi connectivity index (χ1) is 5.72.